The van der Waals surface area contributed by atoms with Crippen molar-refractivity contribution in [3.63, 3.8) is 0 Å². The molecule has 164 valence electrons. The number of nitrogens with zero attached hydrogens (tertiary/aromatic N) is 3. The van der Waals surface area contributed by atoms with Crippen molar-refractivity contribution in [1.82, 2.24) is 20.5 Å². The Morgan fingerprint density at radius 2 is 2.03 bits per heavy atom. The average Bonchev–Trinajstić information content (AvgIpc) is 3.58. The fourth-order valence-corrected chi connectivity index (χ4v) is 4.48. The number of benzene rings is 1. The Kier molecular flexibility index (Phi) is 7.22. The van der Waals surface area contributed by atoms with Crippen LogP contribution in [0.25, 0.3) is 10.8 Å². The first kappa shape index (κ1) is 21.4. The number of hydrogen-bond acceptors (Lipinski definition) is 6. The second kappa shape index (κ2) is 10.5. The highest BCUT2D eigenvalue weighted by Crippen LogP contribution is 2.26. The molecule has 0 aliphatic carbocycles. The van der Waals surface area contributed by atoms with Crippen LogP contribution in [0, 0.1) is 0 Å². The minimum atomic E-state index is 0.282. The maximum atomic E-state index is 5.60. The van der Waals surface area contributed by atoms with Crippen LogP contribution in [0.3, 0.4) is 0 Å². The van der Waals surface area contributed by atoms with Gasteiger partial charge in [0.1, 0.15) is 12.0 Å². The molecule has 0 bridgehead atoms. The zero-order chi connectivity index (χ0) is 21.5. The molecule has 3 aromatic rings. The minimum absolute atomic E-state index is 0.282. The number of aliphatic imine (C=N–C) groups is 1. The van der Waals surface area contributed by atoms with Crippen molar-refractivity contribution in [3.8, 4) is 16.5 Å². The molecule has 0 amide bonds. The van der Waals surface area contributed by atoms with Crippen LogP contribution in [0.2, 0.25) is 0 Å². The van der Waals surface area contributed by atoms with Crippen LogP contribution in [0.15, 0.2) is 57.5 Å². The molecule has 1 fully saturated rings. The van der Waals surface area contributed by atoms with Gasteiger partial charge in [0.05, 0.1) is 30.3 Å². The van der Waals surface area contributed by atoms with Crippen LogP contribution in [-0.4, -0.2) is 49.6 Å². The smallest absolute Gasteiger partial charge is 0.236 e. The van der Waals surface area contributed by atoms with Crippen molar-refractivity contribution >= 4 is 17.3 Å². The van der Waals surface area contributed by atoms with E-state index in [-0.39, 0.29) is 6.04 Å². The van der Waals surface area contributed by atoms with Crippen LogP contribution in [-0.2, 0) is 6.54 Å². The Bertz CT molecular complexity index is 962. The molecule has 1 saturated heterocycles. The summed E-state index contributed by atoms with van der Waals surface area (Å²) in [7, 11) is 3.48. The molecule has 0 radical (unpaired) electrons. The van der Waals surface area contributed by atoms with E-state index < -0.39 is 0 Å². The Morgan fingerprint density at radius 3 is 2.71 bits per heavy atom. The lowest BCUT2D eigenvalue weighted by Crippen LogP contribution is -2.42. The molecule has 1 aliphatic heterocycles. The van der Waals surface area contributed by atoms with Gasteiger partial charge >= 0.3 is 0 Å². The fraction of sp³-hybridized carbons (Fsp3) is 0.391. The molecule has 1 unspecified atom stereocenters. The van der Waals surface area contributed by atoms with Gasteiger partial charge in [0.15, 0.2) is 5.96 Å². The number of methoxy groups -OCH3 is 1. The monoisotopic (exact) mass is 439 g/mol. The first-order chi connectivity index (χ1) is 15.3. The molecule has 8 heteroatoms. The maximum absolute atomic E-state index is 5.60. The molecule has 1 aliphatic rings. The van der Waals surface area contributed by atoms with Gasteiger partial charge in [-0.15, -0.1) is 11.3 Å². The maximum Gasteiger partial charge on any atom is 0.236 e. The van der Waals surface area contributed by atoms with Crippen LogP contribution < -0.4 is 15.4 Å². The zero-order valence-electron chi connectivity index (χ0n) is 18.0. The van der Waals surface area contributed by atoms with E-state index in [4.69, 9.17) is 9.15 Å². The van der Waals surface area contributed by atoms with E-state index in [1.165, 1.54) is 18.4 Å². The molecule has 2 N–H and O–H groups in total. The second-order valence-corrected chi connectivity index (χ2v) is 8.41. The van der Waals surface area contributed by atoms with Crippen molar-refractivity contribution in [2.24, 2.45) is 4.99 Å². The third kappa shape index (κ3) is 5.45. The van der Waals surface area contributed by atoms with E-state index in [1.807, 2.05) is 29.6 Å². The Morgan fingerprint density at radius 1 is 1.23 bits per heavy atom. The Balaban J connectivity index is 1.36. The number of hydrogen-bond donors (Lipinski definition) is 2. The van der Waals surface area contributed by atoms with Crippen molar-refractivity contribution < 1.29 is 9.15 Å². The predicted octanol–water partition coefficient (Wildman–Crippen LogP) is 3.91. The van der Waals surface area contributed by atoms with Gasteiger partial charge in [0.25, 0.3) is 0 Å². The highest BCUT2D eigenvalue weighted by atomic mass is 32.1. The predicted molar refractivity (Wildman–Crippen MR) is 125 cm³/mol. The number of nitrogens with one attached hydrogen (secondary N) is 2. The summed E-state index contributed by atoms with van der Waals surface area (Å²) in [5.41, 5.74) is 2.13. The molecular weight excluding hydrogens is 410 g/mol. The quantitative estimate of drug-likeness (QED) is 0.409. The summed E-state index contributed by atoms with van der Waals surface area (Å²) in [5, 5.41) is 8.85. The number of guanidine groups is 1. The van der Waals surface area contributed by atoms with Gasteiger partial charge in [0, 0.05) is 13.6 Å². The number of aromatic nitrogens is 1. The zero-order valence-corrected chi connectivity index (χ0v) is 18.8. The summed E-state index contributed by atoms with van der Waals surface area (Å²) in [6, 6.07) is 12.6. The Hall–Kier alpha value is -2.84. The first-order valence-corrected chi connectivity index (χ1v) is 11.5. The van der Waals surface area contributed by atoms with Crippen LogP contribution >= 0.6 is 11.3 Å². The summed E-state index contributed by atoms with van der Waals surface area (Å²) in [4.78, 5) is 12.5. The number of thiophene rings is 1. The molecular formula is C23H29N5O2S. The van der Waals surface area contributed by atoms with Gasteiger partial charge in [-0.3, -0.25) is 9.89 Å². The van der Waals surface area contributed by atoms with Crippen molar-refractivity contribution in [3.05, 3.63) is 59.3 Å². The number of likely N-dealkylation sites (tertiary alicyclic amines) is 1. The molecule has 4 rings (SSSR count). The molecule has 31 heavy (non-hydrogen) atoms. The lowest BCUT2D eigenvalue weighted by molar-refractivity contribution is 0.245. The molecule has 0 spiro atoms. The standard InChI is InChI=1S/C23H29N5O2S/c1-24-23(25-14-18-16-30-22(27-18)21-6-5-13-31-21)26-15-20(28-11-3-4-12-28)17-7-9-19(29-2)10-8-17/h5-10,13,16,20H,3-4,11-12,14-15H2,1-2H3,(H2,24,25,26). The van der Waals surface area contributed by atoms with Crippen LogP contribution in [0.1, 0.15) is 30.1 Å². The van der Waals surface area contributed by atoms with Crippen molar-refractivity contribution in [1.29, 1.82) is 0 Å². The lowest BCUT2D eigenvalue weighted by atomic mass is 10.1. The fourth-order valence-electron chi connectivity index (χ4n) is 3.83. The van der Waals surface area contributed by atoms with E-state index >= 15 is 0 Å². The summed E-state index contributed by atoms with van der Waals surface area (Å²) in [6.45, 7) is 3.56. The van der Waals surface area contributed by atoms with Crippen molar-refractivity contribution in [2.75, 3.05) is 33.8 Å². The van der Waals surface area contributed by atoms with Crippen molar-refractivity contribution in [2.45, 2.75) is 25.4 Å². The third-order valence-electron chi connectivity index (χ3n) is 5.49. The van der Waals surface area contributed by atoms with E-state index in [0.717, 1.165) is 41.9 Å². The van der Waals surface area contributed by atoms with E-state index in [2.05, 4.69) is 37.6 Å². The highest BCUT2D eigenvalue weighted by molar-refractivity contribution is 7.13. The molecule has 1 aromatic carbocycles. The number of rotatable bonds is 8. The van der Waals surface area contributed by atoms with Gasteiger partial charge in [-0.05, 0) is 55.1 Å². The topological polar surface area (TPSA) is 74.9 Å². The molecule has 1 atom stereocenters. The summed E-state index contributed by atoms with van der Waals surface area (Å²) in [6.07, 6.45) is 4.19. The van der Waals surface area contributed by atoms with E-state index in [9.17, 15) is 0 Å². The number of ether oxygens (including phenoxy) is 1. The van der Waals surface area contributed by atoms with Gasteiger partial charge in [0.2, 0.25) is 5.89 Å². The highest BCUT2D eigenvalue weighted by Gasteiger charge is 2.23. The summed E-state index contributed by atoms with van der Waals surface area (Å²) in [5.74, 6) is 2.28. The van der Waals surface area contributed by atoms with Crippen LogP contribution in [0.4, 0.5) is 0 Å². The molecule has 7 nitrogen and oxygen atoms in total. The largest absolute Gasteiger partial charge is 0.497 e. The average molecular weight is 440 g/mol. The lowest BCUT2D eigenvalue weighted by Gasteiger charge is -2.29. The second-order valence-electron chi connectivity index (χ2n) is 7.46. The third-order valence-corrected chi connectivity index (χ3v) is 6.35. The normalized spacial score (nSPS) is 15.7. The van der Waals surface area contributed by atoms with E-state index in [0.29, 0.717) is 12.4 Å². The first-order valence-electron chi connectivity index (χ1n) is 10.6. The van der Waals surface area contributed by atoms with Gasteiger partial charge in [-0.25, -0.2) is 4.98 Å². The molecule has 2 aromatic heterocycles. The van der Waals surface area contributed by atoms with Gasteiger partial charge in [-0.2, -0.15) is 0 Å². The number of oxazole rings is 1. The Labute approximate surface area is 187 Å². The minimum Gasteiger partial charge on any atom is -0.497 e. The molecule has 0 saturated carbocycles. The summed E-state index contributed by atoms with van der Waals surface area (Å²) >= 11 is 1.62. The van der Waals surface area contributed by atoms with E-state index in [1.54, 1.807) is 31.8 Å². The molecule has 3 heterocycles. The van der Waals surface area contributed by atoms with Gasteiger partial charge < -0.3 is 19.8 Å². The summed E-state index contributed by atoms with van der Waals surface area (Å²) < 4.78 is 10.9. The SMILES string of the molecule is CN=C(NCc1coc(-c2cccs2)n1)NCC(c1ccc(OC)cc1)N1CCCC1. The van der Waals surface area contributed by atoms with Crippen LogP contribution in [0.5, 0.6) is 5.75 Å². The van der Waals surface area contributed by atoms with Gasteiger partial charge in [-0.1, -0.05) is 18.2 Å².